The Labute approximate surface area is 165 Å². The number of aryl methyl sites for hydroxylation is 1. The quantitative estimate of drug-likeness (QED) is 0.742. The number of hydrogen-bond donors (Lipinski definition) is 2. The highest BCUT2D eigenvalue weighted by Crippen LogP contribution is 2.34. The summed E-state index contributed by atoms with van der Waals surface area (Å²) in [5, 5.41) is 11.3. The zero-order valence-corrected chi connectivity index (χ0v) is 15.5. The Kier molecular flexibility index (Phi) is 4.27. The van der Waals surface area contributed by atoms with Gasteiger partial charge in [-0.1, -0.05) is 0 Å². The van der Waals surface area contributed by atoms with Crippen molar-refractivity contribution in [1.82, 2.24) is 15.2 Å². The molecular weight excluding hydrogens is 377 g/mol. The molecule has 3 N–H and O–H groups in total. The van der Waals surface area contributed by atoms with Crippen molar-refractivity contribution >= 4 is 23.5 Å². The van der Waals surface area contributed by atoms with Crippen LogP contribution in [0.3, 0.4) is 0 Å². The summed E-state index contributed by atoms with van der Waals surface area (Å²) >= 11 is 0. The molecule has 1 aromatic heterocycles. The topological polar surface area (TPSA) is 129 Å². The lowest BCUT2D eigenvalue weighted by Gasteiger charge is -2.29. The van der Waals surface area contributed by atoms with E-state index in [-0.39, 0.29) is 59.1 Å². The number of carbonyl (C=O) groups excluding carboxylic acids is 3. The molecule has 1 atom stereocenters. The second-order valence-corrected chi connectivity index (χ2v) is 7.05. The van der Waals surface area contributed by atoms with Gasteiger partial charge in [0.1, 0.15) is 23.7 Å². The third kappa shape index (κ3) is 2.89. The Morgan fingerprint density at radius 2 is 2.03 bits per heavy atom. The Hall–Kier alpha value is -3.80. The van der Waals surface area contributed by atoms with Crippen molar-refractivity contribution in [1.29, 1.82) is 5.26 Å². The van der Waals surface area contributed by atoms with Gasteiger partial charge in [-0.05, 0) is 37.1 Å². The van der Waals surface area contributed by atoms with Crippen LogP contribution in [0.15, 0.2) is 18.2 Å². The van der Waals surface area contributed by atoms with Gasteiger partial charge in [-0.25, -0.2) is 9.37 Å². The maximum Gasteiger partial charge on any atom is 0.255 e. The molecule has 3 amide bonds. The molecule has 0 aliphatic carbocycles. The summed E-state index contributed by atoms with van der Waals surface area (Å²) in [6.07, 6.45) is 0.323. The average Bonchev–Trinajstić information content (AvgIpc) is 2.99. The molecule has 0 saturated carbocycles. The van der Waals surface area contributed by atoms with Gasteiger partial charge in [0.25, 0.3) is 5.91 Å². The van der Waals surface area contributed by atoms with E-state index in [4.69, 9.17) is 11.0 Å². The molecule has 3 heterocycles. The second-order valence-electron chi connectivity index (χ2n) is 7.05. The lowest BCUT2D eigenvalue weighted by Crippen LogP contribution is -2.52. The monoisotopic (exact) mass is 393 g/mol. The van der Waals surface area contributed by atoms with E-state index in [9.17, 15) is 14.4 Å². The second kappa shape index (κ2) is 6.67. The van der Waals surface area contributed by atoms with E-state index in [2.05, 4.69) is 10.3 Å². The maximum atomic E-state index is 15.3. The molecule has 29 heavy (non-hydrogen) atoms. The third-order valence-electron chi connectivity index (χ3n) is 5.28. The van der Waals surface area contributed by atoms with Gasteiger partial charge in [0.05, 0.1) is 17.8 Å². The van der Waals surface area contributed by atoms with Crippen molar-refractivity contribution in [2.75, 3.05) is 5.73 Å². The SMILES string of the molecule is Cc1cc(-c2ccc3c(c2F)CN(C2CCC(=O)NC2=O)C3=O)nc(N)c1C#N. The number of rotatable bonds is 2. The molecule has 2 aromatic rings. The van der Waals surface area contributed by atoms with E-state index < -0.39 is 23.7 Å². The minimum atomic E-state index is -0.818. The van der Waals surface area contributed by atoms with Crippen molar-refractivity contribution < 1.29 is 18.8 Å². The summed E-state index contributed by atoms with van der Waals surface area (Å²) in [5.41, 5.74) is 7.36. The molecule has 2 aliphatic rings. The largest absolute Gasteiger partial charge is 0.383 e. The number of nitrogen functional groups attached to an aromatic ring is 1. The summed E-state index contributed by atoms with van der Waals surface area (Å²) in [6, 6.07) is 5.64. The molecule has 1 aromatic carbocycles. The molecule has 8 nitrogen and oxygen atoms in total. The first-order chi connectivity index (χ1) is 13.8. The number of hydrogen-bond acceptors (Lipinski definition) is 6. The van der Waals surface area contributed by atoms with Gasteiger partial charge in [0.2, 0.25) is 11.8 Å². The van der Waals surface area contributed by atoms with Crippen LogP contribution >= 0.6 is 0 Å². The first-order valence-corrected chi connectivity index (χ1v) is 8.95. The number of nitrogens with two attached hydrogens (primary N) is 1. The molecule has 4 rings (SSSR count). The van der Waals surface area contributed by atoms with E-state index >= 15 is 4.39 Å². The lowest BCUT2D eigenvalue weighted by molar-refractivity contribution is -0.136. The lowest BCUT2D eigenvalue weighted by atomic mass is 10.0. The molecule has 1 fully saturated rings. The van der Waals surface area contributed by atoms with Crippen LogP contribution in [0.25, 0.3) is 11.3 Å². The number of carbonyl (C=O) groups is 3. The van der Waals surface area contributed by atoms with Crippen LogP contribution in [0, 0.1) is 24.1 Å². The Morgan fingerprint density at radius 3 is 2.69 bits per heavy atom. The first-order valence-electron chi connectivity index (χ1n) is 8.95. The number of aromatic nitrogens is 1. The fourth-order valence-corrected chi connectivity index (χ4v) is 3.78. The number of anilines is 1. The van der Waals surface area contributed by atoms with Crippen molar-refractivity contribution in [2.24, 2.45) is 0 Å². The summed E-state index contributed by atoms with van der Waals surface area (Å²) in [7, 11) is 0. The number of nitrogens with one attached hydrogen (secondary N) is 1. The van der Waals surface area contributed by atoms with Gasteiger partial charge >= 0.3 is 0 Å². The summed E-state index contributed by atoms with van der Waals surface area (Å²) in [4.78, 5) is 41.6. The van der Waals surface area contributed by atoms with Crippen LogP contribution < -0.4 is 11.1 Å². The first kappa shape index (κ1) is 18.6. The molecular formula is C20H16FN5O3. The molecule has 9 heteroatoms. The van der Waals surface area contributed by atoms with Gasteiger partial charge in [0, 0.05) is 23.1 Å². The maximum absolute atomic E-state index is 15.3. The average molecular weight is 393 g/mol. The summed E-state index contributed by atoms with van der Waals surface area (Å²) < 4.78 is 15.3. The van der Waals surface area contributed by atoms with Crippen LogP contribution in [0.1, 0.15) is 39.9 Å². The highest BCUT2D eigenvalue weighted by Gasteiger charge is 2.40. The predicted molar refractivity (Wildman–Crippen MR) is 99.5 cm³/mol. The number of benzene rings is 1. The number of halogens is 1. The molecule has 0 spiro atoms. The Balaban J connectivity index is 1.72. The number of nitrogens with zero attached hydrogens (tertiary/aromatic N) is 3. The highest BCUT2D eigenvalue weighted by molar-refractivity contribution is 6.05. The van der Waals surface area contributed by atoms with E-state index in [1.54, 1.807) is 13.0 Å². The normalized spacial score (nSPS) is 18.4. The number of fused-ring (bicyclic) bond motifs is 1. The van der Waals surface area contributed by atoms with Gasteiger partial charge in [0.15, 0.2) is 0 Å². The highest BCUT2D eigenvalue weighted by atomic mass is 19.1. The molecule has 1 unspecified atom stereocenters. The van der Waals surface area contributed by atoms with E-state index in [0.29, 0.717) is 5.56 Å². The smallest absolute Gasteiger partial charge is 0.255 e. The van der Waals surface area contributed by atoms with E-state index in [0.717, 1.165) is 0 Å². The van der Waals surface area contributed by atoms with Crippen LogP contribution in [0.2, 0.25) is 0 Å². The van der Waals surface area contributed by atoms with Crippen molar-refractivity contribution in [3.63, 3.8) is 0 Å². The van der Waals surface area contributed by atoms with E-state index in [1.807, 2.05) is 6.07 Å². The minimum Gasteiger partial charge on any atom is -0.383 e. The molecule has 0 bridgehead atoms. The standard InChI is InChI=1S/C20H16FN5O3/c1-9-6-14(24-18(23)12(9)7-22)11-3-2-10-13(17(11)21)8-26(20(10)29)15-4-5-16(27)25-19(15)28/h2-3,6,15H,4-5,8H2,1H3,(H2,23,24)(H,25,27,28). The number of amides is 3. The van der Waals surface area contributed by atoms with Crippen molar-refractivity contribution in [3.8, 4) is 17.3 Å². The Bertz CT molecular complexity index is 1110. The number of piperidine rings is 1. The van der Waals surface area contributed by atoms with Crippen LogP contribution in [-0.4, -0.2) is 33.6 Å². The zero-order chi connectivity index (χ0) is 20.9. The predicted octanol–water partition coefficient (Wildman–Crippen LogP) is 1.41. The van der Waals surface area contributed by atoms with Crippen LogP contribution in [0.5, 0.6) is 0 Å². The fraction of sp³-hybridized carbons (Fsp3) is 0.250. The number of pyridine rings is 1. The van der Waals surface area contributed by atoms with Crippen LogP contribution in [-0.2, 0) is 16.1 Å². The van der Waals surface area contributed by atoms with Gasteiger partial charge in [-0.3, -0.25) is 19.7 Å². The van der Waals surface area contributed by atoms with Crippen molar-refractivity contribution in [3.05, 3.63) is 46.3 Å². The third-order valence-corrected chi connectivity index (χ3v) is 5.28. The van der Waals surface area contributed by atoms with Gasteiger partial charge < -0.3 is 10.6 Å². The molecule has 1 saturated heterocycles. The van der Waals surface area contributed by atoms with E-state index in [1.165, 1.54) is 17.0 Å². The zero-order valence-electron chi connectivity index (χ0n) is 15.5. The van der Waals surface area contributed by atoms with Gasteiger partial charge in [-0.2, -0.15) is 5.26 Å². The van der Waals surface area contributed by atoms with Crippen LogP contribution in [0.4, 0.5) is 10.2 Å². The molecule has 0 radical (unpaired) electrons. The number of nitriles is 1. The number of imide groups is 1. The molecule has 146 valence electrons. The fourth-order valence-electron chi connectivity index (χ4n) is 3.78. The summed E-state index contributed by atoms with van der Waals surface area (Å²) in [6.45, 7) is 1.60. The summed E-state index contributed by atoms with van der Waals surface area (Å²) in [5.74, 6) is -2.02. The molecule has 2 aliphatic heterocycles. The minimum absolute atomic E-state index is 0.00338. The Morgan fingerprint density at radius 1 is 1.31 bits per heavy atom. The van der Waals surface area contributed by atoms with Gasteiger partial charge in [-0.15, -0.1) is 0 Å². The van der Waals surface area contributed by atoms with Crippen molar-refractivity contribution in [2.45, 2.75) is 32.4 Å².